The van der Waals surface area contributed by atoms with Crippen molar-refractivity contribution in [1.29, 1.82) is 0 Å². The molecule has 1 saturated heterocycles. The molecule has 1 aromatic rings. The molecule has 6 nitrogen and oxygen atoms in total. The van der Waals surface area contributed by atoms with Crippen LogP contribution < -0.4 is 16.0 Å². The van der Waals surface area contributed by atoms with Gasteiger partial charge in [-0.3, -0.25) is 4.79 Å². The molecule has 0 bridgehead atoms. The lowest BCUT2D eigenvalue weighted by Crippen LogP contribution is -2.62. The first-order valence-corrected chi connectivity index (χ1v) is 7.00. The molecular weight excluding hydrogens is 270 g/mol. The van der Waals surface area contributed by atoms with Gasteiger partial charge in [0.25, 0.3) is 0 Å². The van der Waals surface area contributed by atoms with E-state index in [-0.39, 0.29) is 5.91 Å². The number of benzene rings is 1. The average molecular weight is 291 g/mol. The number of rotatable bonds is 3. The number of piperazine rings is 1. The van der Waals surface area contributed by atoms with Gasteiger partial charge < -0.3 is 20.7 Å². The third-order valence-corrected chi connectivity index (χ3v) is 3.70. The highest BCUT2D eigenvalue weighted by Gasteiger charge is 2.37. The van der Waals surface area contributed by atoms with Crippen LogP contribution in [0.1, 0.15) is 31.1 Å². The molecule has 21 heavy (non-hydrogen) atoms. The second kappa shape index (κ2) is 5.63. The van der Waals surface area contributed by atoms with Crippen molar-refractivity contribution in [2.24, 2.45) is 0 Å². The molecule has 0 unspecified atom stereocenters. The number of hydrogen-bond donors (Lipinski definition) is 2. The summed E-state index contributed by atoms with van der Waals surface area (Å²) < 4.78 is 5.01. The first-order chi connectivity index (χ1) is 9.87. The number of carbonyl (C=O) groups excluding carboxylic acids is 2. The highest BCUT2D eigenvalue weighted by molar-refractivity contribution is 5.97. The number of amides is 1. The second-order valence-corrected chi connectivity index (χ2v) is 5.46. The minimum absolute atomic E-state index is 0.0386. The fraction of sp³-hybridized carbons (Fsp3) is 0.467. The van der Waals surface area contributed by atoms with E-state index < -0.39 is 11.5 Å². The number of esters is 1. The first kappa shape index (κ1) is 15.2. The summed E-state index contributed by atoms with van der Waals surface area (Å²) in [4.78, 5) is 25.9. The van der Waals surface area contributed by atoms with E-state index in [1.54, 1.807) is 19.1 Å². The topological polar surface area (TPSA) is 84.7 Å². The quantitative estimate of drug-likeness (QED) is 0.645. The van der Waals surface area contributed by atoms with Crippen LogP contribution in [0.5, 0.6) is 0 Å². The van der Waals surface area contributed by atoms with E-state index in [2.05, 4.69) is 5.32 Å². The lowest BCUT2D eigenvalue weighted by Gasteiger charge is -2.43. The predicted molar refractivity (Wildman–Crippen MR) is 81.2 cm³/mol. The monoisotopic (exact) mass is 291 g/mol. The van der Waals surface area contributed by atoms with Gasteiger partial charge in [0, 0.05) is 24.5 Å². The SMILES string of the molecule is CCOC(=O)c1cc(N2CCNC(=O)C2(C)C)ccc1N. The van der Waals surface area contributed by atoms with E-state index in [1.807, 2.05) is 24.8 Å². The number of nitrogens with zero attached hydrogens (tertiary/aromatic N) is 1. The summed E-state index contributed by atoms with van der Waals surface area (Å²) in [6, 6.07) is 5.18. The first-order valence-electron chi connectivity index (χ1n) is 7.00. The summed E-state index contributed by atoms with van der Waals surface area (Å²) in [6.45, 7) is 6.98. The van der Waals surface area contributed by atoms with Crippen molar-refractivity contribution < 1.29 is 14.3 Å². The molecule has 1 aromatic carbocycles. The second-order valence-electron chi connectivity index (χ2n) is 5.46. The molecule has 1 heterocycles. The zero-order valence-corrected chi connectivity index (χ0v) is 12.6. The normalized spacial score (nSPS) is 17.3. The Morgan fingerprint density at radius 1 is 1.48 bits per heavy atom. The van der Waals surface area contributed by atoms with Gasteiger partial charge in [0.1, 0.15) is 5.54 Å². The van der Waals surface area contributed by atoms with Gasteiger partial charge in [0.2, 0.25) is 5.91 Å². The van der Waals surface area contributed by atoms with Crippen LogP contribution >= 0.6 is 0 Å². The molecule has 0 radical (unpaired) electrons. The minimum Gasteiger partial charge on any atom is -0.462 e. The Kier molecular flexibility index (Phi) is 4.06. The average Bonchev–Trinajstić information content (AvgIpc) is 2.43. The maximum Gasteiger partial charge on any atom is 0.340 e. The lowest BCUT2D eigenvalue weighted by molar-refractivity contribution is -0.126. The van der Waals surface area contributed by atoms with Crippen LogP contribution in [-0.4, -0.2) is 37.1 Å². The van der Waals surface area contributed by atoms with E-state index >= 15 is 0 Å². The Morgan fingerprint density at radius 3 is 2.86 bits per heavy atom. The van der Waals surface area contributed by atoms with Crippen LogP contribution in [0, 0.1) is 0 Å². The lowest BCUT2D eigenvalue weighted by atomic mass is 9.97. The molecular formula is C15H21N3O3. The summed E-state index contributed by atoms with van der Waals surface area (Å²) >= 11 is 0. The highest BCUT2D eigenvalue weighted by Crippen LogP contribution is 2.29. The molecule has 0 aliphatic carbocycles. The van der Waals surface area contributed by atoms with Crippen molar-refractivity contribution >= 4 is 23.3 Å². The van der Waals surface area contributed by atoms with Crippen molar-refractivity contribution in [2.45, 2.75) is 26.3 Å². The van der Waals surface area contributed by atoms with Crippen LogP contribution in [0.25, 0.3) is 0 Å². The fourth-order valence-corrected chi connectivity index (χ4v) is 2.45. The van der Waals surface area contributed by atoms with Gasteiger partial charge in [0.15, 0.2) is 0 Å². The van der Waals surface area contributed by atoms with Crippen LogP contribution in [0.15, 0.2) is 18.2 Å². The molecule has 114 valence electrons. The molecule has 1 amide bonds. The molecule has 1 fully saturated rings. The van der Waals surface area contributed by atoms with Gasteiger partial charge in [-0.15, -0.1) is 0 Å². The van der Waals surface area contributed by atoms with Gasteiger partial charge >= 0.3 is 5.97 Å². The number of carbonyl (C=O) groups is 2. The molecule has 2 rings (SSSR count). The van der Waals surface area contributed by atoms with Crippen molar-refractivity contribution in [3.05, 3.63) is 23.8 Å². The van der Waals surface area contributed by atoms with Gasteiger partial charge in [-0.2, -0.15) is 0 Å². The predicted octanol–water partition coefficient (Wildman–Crippen LogP) is 1.16. The smallest absolute Gasteiger partial charge is 0.340 e. The fourth-order valence-electron chi connectivity index (χ4n) is 2.45. The minimum atomic E-state index is -0.680. The van der Waals surface area contributed by atoms with Gasteiger partial charge in [-0.25, -0.2) is 4.79 Å². The third kappa shape index (κ3) is 2.79. The number of nitrogen functional groups attached to an aromatic ring is 1. The molecule has 1 aliphatic rings. The van der Waals surface area contributed by atoms with Crippen LogP contribution in [-0.2, 0) is 9.53 Å². The maximum absolute atomic E-state index is 12.0. The van der Waals surface area contributed by atoms with Gasteiger partial charge in [-0.05, 0) is 39.0 Å². The summed E-state index contributed by atoms with van der Waals surface area (Å²) in [5.74, 6) is -0.487. The highest BCUT2D eigenvalue weighted by atomic mass is 16.5. The molecule has 0 atom stereocenters. The maximum atomic E-state index is 12.0. The van der Waals surface area contributed by atoms with Crippen LogP contribution in [0.3, 0.4) is 0 Å². The van der Waals surface area contributed by atoms with Crippen molar-refractivity contribution in [3.8, 4) is 0 Å². The summed E-state index contributed by atoms with van der Waals surface area (Å²) in [5, 5.41) is 2.84. The summed E-state index contributed by atoms with van der Waals surface area (Å²) in [6.07, 6.45) is 0. The van der Waals surface area contributed by atoms with Crippen molar-refractivity contribution in [1.82, 2.24) is 5.32 Å². The molecule has 3 N–H and O–H groups in total. The molecule has 1 aliphatic heterocycles. The molecule has 0 saturated carbocycles. The van der Waals surface area contributed by atoms with Gasteiger partial charge in [0.05, 0.1) is 12.2 Å². The van der Waals surface area contributed by atoms with E-state index in [9.17, 15) is 9.59 Å². The molecule has 0 aromatic heterocycles. The molecule has 6 heteroatoms. The number of anilines is 2. The molecule has 0 spiro atoms. The van der Waals surface area contributed by atoms with E-state index in [1.165, 1.54) is 0 Å². The van der Waals surface area contributed by atoms with Gasteiger partial charge in [-0.1, -0.05) is 0 Å². The Morgan fingerprint density at radius 2 is 2.19 bits per heavy atom. The van der Waals surface area contributed by atoms with Crippen LogP contribution in [0.4, 0.5) is 11.4 Å². The Bertz CT molecular complexity index is 569. The van der Waals surface area contributed by atoms with E-state index in [4.69, 9.17) is 10.5 Å². The summed E-state index contributed by atoms with van der Waals surface area (Å²) in [5.41, 5.74) is 6.65. The Balaban J connectivity index is 2.38. The largest absolute Gasteiger partial charge is 0.462 e. The number of ether oxygens (including phenoxy) is 1. The standard InChI is InChI=1S/C15H21N3O3/c1-4-21-13(19)11-9-10(5-6-12(11)16)18-8-7-17-14(20)15(18,2)3/h5-6,9H,4,7-8,16H2,1-3H3,(H,17,20). The third-order valence-electron chi connectivity index (χ3n) is 3.70. The zero-order chi connectivity index (χ0) is 15.6. The number of hydrogen-bond acceptors (Lipinski definition) is 5. The van der Waals surface area contributed by atoms with E-state index in [0.717, 1.165) is 5.69 Å². The number of nitrogens with two attached hydrogens (primary N) is 1. The van der Waals surface area contributed by atoms with Crippen LogP contribution in [0.2, 0.25) is 0 Å². The van der Waals surface area contributed by atoms with Crippen molar-refractivity contribution in [3.63, 3.8) is 0 Å². The summed E-state index contributed by atoms with van der Waals surface area (Å²) in [7, 11) is 0. The van der Waals surface area contributed by atoms with E-state index in [0.29, 0.717) is 30.9 Å². The Hall–Kier alpha value is -2.24. The Labute approximate surface area is 124 Å². The zero-order valence-electron chi connectivity index (χ0n) is 12.6. The van der Waals surface area contributed by atoms with Crippen molar-refractivity contribution in [2.75, 3.05) is 30.3 Å². The number of nitrogens with one attached hydrogen (secondary N) is 1.